The lowest BCUT2D eigenvalue weighted by Crippen LogP contribution is -2.52. The number of likely N-dealkylation sites (tertiary alicyclic amines) is 1. The molecule has 0 saturated carbocycles. The van der Waals surface area contributed by atoms with Gasteiger partial charge in [-0.15, -0.1) is 0 Å². The molecule has 2 N–H and O–H groups in total. The van der Waals surface area contributed by atoms with Gasteiger partial charge in [-0.05, 0) is 29.4 Å². The highest BCUT2D eigenvalue weighted by atomic mass is 16.2. The lowest BCUT2D eigenvalue weighted by atomic mass is 9.83. The maximum absolute atomic E-state index is 13.6. The number of hydrogen-bond donors (Lipinski definition) is 2. The van der Waals surface area contributed by atoms with E-state index in [1.807, 2.05) is 36.4 Å². The molecule has 31 heavy (non-hydrogen) atoms. The molecular weight excluding hydrogens is 392 g/mol. The molecule has 4 rings (SSSR count). The molecule has 0 aromatic heterocycles. The van der Waals surface area contributed by atoms with Crippen molar-refractivity contribution in [3.05, 3.63) is 71.8 Å². The lowest BCUT2D eigenvalue weighted by molar-refractivity contribution is -0.139. The standard InChI is InChI=1S/C24H28N4O3/c1-17-13-18(2)15-27(14-17)16-21(29)26-28-22(30)24(25-23(28)31,19-9-5-3-6-10-19)20-11-7-4-8-12-20/h3-12,17-18H,13-16H2,1-2H3,(H,25,31)(H,26,29)/t17-,18-/m1/s1. The second kappa shape index (κ2) is 8.51. The maximum atomic E-state index is 13.6. The van der Waals surface area contributed by atoms with E-state index in [0.29, 0.717) is 23.0 Å². The molecule has 0 spiro atoms. The molecule has 2 aliphatic heterocycles. The van der Waals surface area contributed by atoms with Crippen LogP contribution in [0.5, 0.6) is 0 Å². The highest BCUT2D eigenvalue weighted by Gasteiger charge is 2.54. The van der Waals surface area contributed by atoms with Crippen LogP contribution in [0.1, 0.15) is 31.4 Å². The fourth-order valence-electron chi connectivity index (χ4n) is 4.85. The number of urea groups is 1. The monoisotopic (exact) mass is 420 g/mol. The topological polar surface area (TPSA) is 81.8 Å². The van der Waals surface area contributed by atoms with Gasteiger partial charge in [0.1, 0.15) is 0 Å². The summed E-state index contributed by atoms with van der Waals surface area (Å²) < 4.78 is 0. The van der Waals surface area contributed by atoms with Crippen molar-refractivity contribution in [1.82, 2.24) is 20.7 Å². The van der Waals surface area contributed by atoms with Gasteiger partial charge in [0.05, 0.1) is 6.54 Å². The Hall–Kier alpha value is -3.19. The van der Waals surface area contributed by atoms with Crippen LogP contribution in [0.25, 0.3) is 0 Å². The Morgan fingerprint density at radius 1 is 0.968 bits per heavy atom. The Bertz CT molecular complexity index is 914. The third kappa shape index (κ3) is 4.05. The van der Waals surface area contributed by atoms with Crippen LogP contribution in [0, 0.1) is 11.8 Å². The summed E-state index contributed by atoms with van der Waals surface area (Å²) in [5, 5.41) is 3.65. The van der Waals surface area contributed by atoms with E-state index in [-0.39, 0.29) is 12.5 Å². The average Bonchev–Trinajstić information content (AvgIpc) is 3.00. The van der Waals surface area contributed by atoms with E-state index >= 15 is 0 Å². The Balaban J connectivity index is 1.57. The fourth-order valence-corrected chi connectivity index (χ4v) is 4.85. The van der Waals surface area contributed by atoms with Gasteiger partial charge in [-0.3, -0.25) is 19.9 Å². The zero-order valence-corrected chi connectivity index (χ0v) is 17.9. The predicted octanol–water partition coefficient (Wildman–Crippen LogP) is 2.49. The van der Waals surface area contributed by atoms with Gasteiger partial charge in [0.2, 0.25) is 0 Å². The minimum atomic E-state index is -1.39. The Kier molecular flexibility index (Phi) is 5.78. The zero-order valence-electron chi connectivity index (χ0n) is 17.9. The van der Waals surface area contributed by atoms with E-state index in [1.54, 1.807) is 24.3 Å². The van der Waals surface area contributed by atoms with E-state index in [1.165, 1.54) is 0 Å². The van der Waals surface area contributed by atoms with E-state index in [4.69, 9.17) is 0 Å². The third-order valence-corrected chi connectivity index (χ3v) is 5.98. The summed E-state index contributed by atoms with van der Waals surface area (Å²) in [5.74, 6) is 0.125. The molecule has 0 aliphatic carbocycles. The molecule has 4 amide bonds. The first kappa shape index (κ1) is 21.1. The number of carbonyl (C=O) groups is 3. The largest absolute Gasteiger partial charge is 0.344 e. The number of hydrogen-bond acceptors (Lipinski definition) is 4. The quantitative estimate of drug-likeness (QED) is 0.729. The number of imide groups is 1. The normalized spacial score (nSPS) is 23.5. The molecule has 2 fully saturated rings. The van der Waals surface area contributed by atoms with Crippen molar-refractivity contribution >= 4 is 17.8 Å². The summed E-state index contributed by atoms with van der Waals surface area (Å²) >= 11 is 0. The number of hydrazine groups is 1. The second-order valence-electron chi connectivity index (χ2n) is 8.73. The molecule has 162 valence electrons. The predicted molar refractivity (Wildman–Crippen MR) is 117 cm³/mol. The van der Waals surface area contributed by atoms with Crippen molar-refractivity contribution in [2.24, 2.45) is 11.8 Å². The summed E-state index contributed by atoms with van der Waals surface area (Å²) in [6.45, 7) is 6.15. The van der Waals surface area contributed by atoms with Gasteiger partial charge in [-0.25, -0.2) is 4.79 Å². The van der Waals surface area contributed by atoms with Crippen LogP contribution in [-0.2, 0) is 15.1 Å². The second-order valence-corrected chi connectivity index (χ2v) is 8.73. The first-order valence-electron chi connectivity index (χ1n) is 10.7. The molecule has 7 nitrogen and oxygen atoms in total. The van der Waals surface area contributed by atoms with Gasteiger partial charge in [-0.2, -0.15) is 5.01 Å². The van der Waals surface area contributed by atoms with Crippen LogP contribution in [0.15, 0.2) is 60.7 Å². The van der Waals surface area contributed by atoms with Gasteiger partial charge < -0.3 is 5.32 Å². The minimum absolute atomic E-state index is 0.148. The van der Waals surface area contributed by atoms with Crippen molar-refractivity contribution in [3.63, 3.8) is 0 Å². The molecule has 2 aliphatic rings. The molecule has 0 bridgehead atoms. The molecule has 0 radical (unpaired) electrons. The van der Waals surface area contributed by atoms with Crippen molar-refractivity contribution in [3.8, 4) is 0 Å². The number of nitrogens with zero attached hydrogens (tertiary/aromatic N) is 2. The molecule has 2 heterocycles. The Morgan fingerprint density at radius 2 is 1.48 bits per heavy atom. The lowest BCUT2D eigenvalue weighted by Gasteiger charge is -2.34. The summed E-state index contributed by atoms with van der Waals surface area (Å²) in [6.07, 6.45) is 1.14. The molecular formula is C24H28N4O3. The third-order valence-electron chi connectivity index (χ3n) is 5.98. The Morgan fingerprint density at radius 3 is 2.00 bits per heavy atom. The van der Waals surface area contributed by atoms with Crippen molar-refractivity contribution in [1.29, 1.82) is 0 Å². The van der Waals surface area contributed by atoms with Crippen molar-refractivity contribution in [2.45, 2.75) is 25.8 Å². The Labute approximate surface area is 182 Å². The zero-order chi connectivity index (χ0) is 22.0. The maximum Gasteiger partial charge on any atom is 0.344 e. The summed E-state index contributed by atoms with van der Waals surface area (Å²) in [5.41, 5.74) is 2.42. The molecule has 2 aromatic rings. The van der Waals surface area contributed by atoms with E-state index < -0.39 is 17.5 Å². The van der Waals surface area contributed by atoms with Gasteiger partial charge in [0.25, 0.3) is 11.8 Å². The summed E-state index contributed by atoms with van der Waals surface area (Å²) in [7, 11) is 0. The molecule has 2 aromatic carbocycles. The van der Waals surface area contributed by atoms with Crippen LogP contribution < -0.4 is 10.7 Å². The minimum Gasteiger partial charge on any atom is -0.314 e. The van der Waals surface area contributed by atoms with Crippen LogP contribution in [0.3, 0.4) is 0 Å². The molecule has 2 atom stereocenters. The highest BCUT2D eigenvalue weighted by Crippen LogP contribution is 2.35. The van der Waals surface area contributed by atoms with Gasteiger partial charge in [0.15, 0.2) is 5.54 Å². The smallest absolute Gasteiger partial charge is 0.314 e. The first-order chi connectivity index (χ1) is 14.9. The number of amides is 4. The highest BCUT2D eigenvalue weighted by molar-refractivity contribution is 6.10. The van der Waals surface area contributed by atoms with Crippen LogP contribution in [-0.4, -0.2) is 47.4 Å². The van der Waals surface area contributed by atoms with E-state index in [2.05, 4.69) is 29.5 Å². The van der Waals surface area contributed by atoms with Crippen LogP contribution in [0.4, 0.5) is 4.79 Å². The van der Waals surface area contributed by atoms with Gasteiger partial charge >= 0.3 is 6.03 Å². The van der Waals surface area contributed by atoms with Gasteiger partial charge in [0, 0.05) is 13.1 Å². The number of rotatable bonds is 5. The molecule has 7 heteroatoms. The van der Waals surface area contributed by atoms with Crippen molar-refractivity contribution in [2.75, 3.05) is 19.6 Å². The SMILES string of the molecule is C[C@@H]1C[C@@H](C)CN(CC(=O)NN2C(=O)NC(c3ccccc3)(c3ccccc3)C2=O)C1. The van der Waals surface area contributed by atoms with E-state index in [9.17, 15) is 14.4 Å². The first-order valence-corrected chi connectivity index (χ1v) is 10.7. The van der Waals surface area contributed by atoms with E-state index in [0.717, 1.165) is 24.5 Å². The fraction of sp³-hybridized carbons (Fsp3) is 0.375. The summed E-state index contributed by atoms with van der Waals surface area (Å²) in [6, 6.07) is 17.5. The number of benzene rings is 2. The van der Waals surface area contributed by atoms with Crippen LogP contribution in [0.2, 0.25) is 0 Å². The molecule has 2 saturated heterocycles. The molecule has 0 unspecified atom stereocenters. The van der Waals surface area contributed by atoms with Crippen molar-refractivity contribution < 1.29 is 14.4 Å². The number of piperidine rings is 1. The average molecular weight is 421 g/mol. The number of nitrogens with one attached hydrogen (secondary N) is 2. The van der Waals surface area contributed by atoms with Crippen LogP contribution >= 0.6 is 0 Å². The number of carbonyl (C=O) groups excluding carboxylic acids is 3. The van der Waals surface area contributed by atoms with Gasteiger partial charge in [-0.1, -0.05) is 74.5 Å². The summed E-state index contributed by atoms with van der Waals surface area (Å²) in [4.78, 5) is 41.2.